The van der Waals surface area contributed by atoms with Gasteiger partial charge in [0.1, 0.15) is 11.6 Å². The summed E-state index contributed by atoms with van der Waals surface area (Å²) in [6.45, 7) is 6.48. The number of piperazine rings is 1. The summed E-state index contributed by atoms with van der Waals surface area (Å²) in [7, 11) is 1.58. The van der Waals surface area contributed by atoms with Crippen LogP contribution in [0.2, 0.25) is 0 Å². The molecule has 2 unspecified atom stereocenters. The molecule has 2 aromatic carbocycles. The second kappa shape index (κ2) is 10.4. The van der Waals surface area contributed by atoms with Gasteiger partial charge in [-0.3, -0.25) is 4.90 Å². The molecule has 29 heavy (non-hydrogen) atoms. The molecule has 0 saturated carbocycles. The fourth-order valence-electron chi connectivity index (χ4n) is 4.01. The number of hydrogen-bond acceptors (Lipinski definition) is 4. The fraction of sp³-hybridized carbons (Fsp3) is 0.417. The molecule has 3 rings (SSSR count). The summed E-state index contributed by atoms with van der Waals surface area (Å²) >= 11 is 0. The smallest absolute Gasteiger partial charge is 0.145 e. The Morgan fingerprint density at radius 3 is 2.48 bits per heavy atom. The molecule has 0 amide bonds. The van der Waals surface area contributed by atoms with Crippen molar-refractivity contribution in [2.24, 2.45) is 0 Å². The fourth-order valence-corrected chi connectivity index (χ4v) is 4.01. The lowest BCUT2D eigenvalue weighted by Crippen LogP contribution is -2.47. The Morgan fingerprint density at radius 1 is 1.10 bits per heavy atom. The van der Waals surface area contributed by atoms with Crippen LogP contribution in [0.5, 0.6) is 5.75 Å². The van der Waals surface area contributed by atoms with Crippen molar-refractivity contribution in [1.29, 1.82) is 0 Å². The van der Waals surface area contributed by atoms with Gasteiger partial charge in [-0.2, -0.15) is 0 Å². The molecule has 0 aromatic heterocycles. The summed E-state index contributed by atoms with van der Waals surface area (Å²) in [6, 6.07) is 15.0. The minimum Gasteiger partial charge on any atom is -0.494 e. The highest BCUT2D eigenvalue weighted by Crippen LogP contribution is 2.30. The predicted octanol–water partition coefficient (Wildman–Crippen LogP) is 4.07. The van der Waals surface area contributed by atoms with Crippen LogP contribution >= 0.6 is 0 Å². The number of allylic oxidation sites excluding steroid dienone is 1. The number of nitrogens with zero attached hydrogens (tertiary/aromatic N) is 2. The Morgan fingerprint density at radius 2 is 1.83 bits per heavy atom. The number of halogens is 1. The lowest BCUT2D eigenvalue weighted by Gasteiger charge is -2.37. The zero-order valence-corrected chi connectivity index (χ0v) is 17.3. The molecule has 4 nitrogen and oxygen atoms in total. The van der Waals surface area contributed by atoms with Gasteiger partial charge < -0.3 is 14.7 Å². The van der Waals surface area contributed by atoms with Crippen molar-refractivity contribution < 1.29 is 14.2 Å². The van der Waals surface area contributed by atoms with E-state index in [4.69, 9.17) is 4.74 Å². The maximum Gasteiger partial charge on any atom is 0.145 e. The lowest BCUT2D eigenvalue weighted by atomic mass is 9.89. The topological polar surface area (TPSA) is 35.9 Å². The first-order valence-electron chi connectivity index (χ1n) is 10.3. The zero-order chi connectivity index (χ0) is 20.6. The van der Waals surface area contributed by atoms with E-state index in [0.29, 0.717) is 5.75 Å². The van der Waals surface area contributed by atoms with Gasteiger partial charge in [-0.05, 0) is 37.6 Å². The van der Waals surface area contributed by atoms with Gasteiger partial charge in [-0.1, -0.05) is 42.5 Å². The number of ether oxygens (including phenoxy) is 1. The second-order valence-corrected chi connectivity index (χ2v) is 7.47. The van der Waals surface area contributed by atoms with Crippen LogP contribution in [0, 0.1) is 5.82 Å². The third kappa shape index (κ3) is 5.58. The summed E-state index contributed by atoms with van der Waals surface area (Å²) in [5.74, 6) is 0.385. The van der Waals surface area contributed by atoms with Gasteiger partial charge in [0, 0.05) is 38.2 Å². The molecule has 5 heteroatoms. The van der Waals surface area contributed by atoms with E-state index in [2.05, 4.69) is 21.9 Å². The number of methoxy groups -OCH3 is 1. The largest absolute Gasteiger partial charge is 0.494 e. The zero-order valence-electron chi connectivity index (χ0n) is 17.3. The molecular formula is C24H31FN2O2. The van der Waals surface area contributed by atoms with Crippen molar-refractivity contribution >= 4 is 5.69 Å². The van der Waals surface area contributed by atoms with Crippen molar-refractivity contribution in [3.05, 3.63) is 72.1 Å². The van der Waals surface area contributed by atoms with Crippen LogP contribution in [-0.4, -0.2) is 55.9 Å². The van der Waals surface area contributed by atoms with Crippen molar-refractivity contribution in [1.82, 2.24) is 4.90 Å². The molecule has 1 heterocycles. The van der Waals surface area contributed by atoms with Gasteiger partial charge in [0.15, 0.2) is 0 Å². The third-order valence-electron chi connectivity index (χ3n) is 5.64. The van der Waals surface area contributed by atoms with E-state index < -0.39 is 6.10 Å². The van der Waals surface area contributed by atoms with E-state index >= 15 is 0 Å². The lowest BCUT2D eigenvalue weighted by molar-refractivity contribution is 0.167. The van der Waals surface area contributed by atoms with E-state index in [0.717, 1.165) is 44.8 Å². The van der Waals surface area contributed by atoms with Crippen molar-refractivity contribution in [3.63, 3.8) is 0 Å². The average molecular weight is 399 g/mol. The van der Waals surface area contributed by atoms with Crippen molar-refractivity contribution in [2.45, 2.75) is 25.4 Å². The van der Waals surface area contributed by atoms with Gasteiger partial charge in [-0.25, -0.2) is 4.39 Å². The van der Waals surface area contributed by atoms with Gasteiger partial charge in [-0.15, -0.1) is 0 Å². The van der Waals surface area contributed by atoms with Crippen LogP contribution in [0.4, 0.5) is 10.1 Å². The van der Waals surface area contributed by atoms with Crippen LogP contribution in [-0.2, 0) is 0 Å². The second-order valence-electron chi connectivity index (χ2n) is 7.47. The first kappa shape index (κ1) is 21.3. The van der Waals surface area contributed by atoms with Gasteiger partial charge >= 0.3 is 0 Å². The first-order valence-corrected chi connectivity index (χ1v) is 10.3. The maximum atomic E-state index is 13.5. The number of aliphatic hydroxyl groups is 1. The molecule has 2 atom stereocenters. The van der Waals surface area contributed by atoms with Crippen molar-refractivity contribution in [2.75, 3.05) is 44.7 Å². The number of rotatable bonds is 8. The number of anilines is 1. The van der Waals surface area contributed by atoms with E-state index in [1.165, 1.54) is 17.7 Å². The van der Waals surface area contributed by atoms with Crippen LogP contribution in [0.3, 0.4) is 0 Å². The number of benzene rings is 2. The van der Waals surface area contributed by atoms with Crippen LogP contribution in [0.15, 0.2) is 60.7 Å². The minimum absolute atomic E-state index is 0.0858. The minimum atomic E-state index is -0.479. The molecule has 1 N–H and O–H groups in total. The predicted molar refractivity (Wildman–Crippen MR) is 116 cm³/mol. The van der Waals surface area contributed by atoms with E-state index in [1.54, 1.807) is 13.2 Å². The first-order chi connectivity index (χ1) is 14.1. The molecule has 0 bridgehead atoms. The van der Waals surface area contributed by atoms with Gasteiger partial charge in [0.05, 0.1) is 18.9 Å². The third-order valence-corrected chi connectivity index (χ3v) is 5.64. The Hall–Kier alpha value is -2.37. The highest BCUT2D eigenvalue weighted by Gasteiger charge is 2.23. The molecule has 2 aromatic rings. The molecule has 156 valence electrons. The molecule has 1 saturated heterocycles. The quantitative estimate of drug-likeness (QED) is 0.680. The monoisotopic (exact) mass is 398 g/mol. The highest BCUT2D eigenvalue weighted by molar-refractivity contribution is 5.59. The molecule has 1 aliphatic rings. The molecule has 1 aliphatic heterocycles. The van der Waals surface area contributed by atoms with E-state index in [9.17, 15) is 9.50 Å². The molecular weight excluding hydrogens is 367 g/mol. The summed E-state index contributed by atoms with van der Waals surface area (Å²) in [5.41, 5.74) is 2.12. The maximum absolute atomic E-state index is 13.5. The van der Waals surface area contributed by atoms with Crippen molar-refractivity contribution in [3.8, 4) is 5.75 Å². The van der Waals surface area contributed by atoms with E-state index in [-0.39, 0.29) is 11.7 Å². The van der Waals surface area contributed by atoms with Gasteiger partial charge in [0.2, 0.25) is 0 Å². The molecule has 0 radical (unpaired) electrons. The summed E-state index contributed by atoms with van der Waals surface area (Å²) < 4.78 is 18.8. The Bertz CT molecular complexity index is 789. The molecule has 1 fully saturated rings. The normalized spacial score (nSPS) is 17.4. The standard InChI is InChI=1S/C24H31FN2O2/c1-3-7-23(28)21(19-8-5-4-6-9-19)12-13-26-14-16-27(17-15-26)22-11-10-20(25)18-24(22)29-2/h3-11,18,21,23,28H,12-17H2,1-2H3. The number of hydrogen-bond donors (Lipinski definition) is 1. The average Bonchev–Trinajstić information content (AvgIpc) is 2.75. The highest BCUT2D eigenvalue weighted by atomic mass is 19.1. The van der Waals surface area contributed by atoms with Crippen LogP contribution in [0.25, 0.3) is 0 Å². The summed E-state index contributed by atoms with van der Waals surface area (Å²) in [6.07, 6.45) is 4.20. The molecule has 0 spiro atoms. The SMILES string of the molecule is CC=CC(O)C(CCN1CCN(c2ccc(F)cc2OC)CC1)c1ccccc1. The van der Waals surface area contributed by atoms with E-state index in [1.807, 2.05) is 37.3 Å². The van der Waals surface area contributed by atoms with Crippen LogP contribution < -0.4 is 9.64 Å². The Labute approximate surface area is 173 Å². The van der Waals surface area contributed by atoms with Crippen LogP contribution in [0.1, 0.15) is 24.8 Å². The summed E-state index contributed by atoms with van der Waals surface area (Å²) in [5, 5.41) is 10.6. The Kier molecular flexibility index (Phi) is 7.67. The van der Waals surface area contributed by atoms with Gasteiger partial charge in [0.25, 0.3) is 0 Å². The molecule has 0 aliphatic carbocycles. The number of aliphatic hydroxyl groups excluding tert-OH is 1. The Balaban J connectivity index is 1.58. The summed E-state index contributed by atoms with van der Waals surface area (Å²) in [4.78, 5) is 4.68.